The Morgan fingerprint density at radius 3 is 2.47 bits per heavy atom. The van der Waals surface area contributed by atoms with E-state index in [2.05, 4.69) is 5.32 Å². The molecule has 2 atom stereocenters. The van der Waals surface area contributed by atoms with Gasteiger partial charge in [-0.25, -0.2) is 0 Å². The second kappa shape index (κ2) is 7.53. The van der Waals surface area contributed by atoms with E-state index in [1.807, 2.05) is 30.3 Å². The lowest BCUT2D eigenvalue weighted by molar-refractivity contribution is -0.153. The molecule has 1 rings (SSSR count). The van der Waals surface area contributed by atoms with E-state index in [1.165, 1.54) is 6.92 Å². The molecular weight excluding hydrogens is 246 g/mol. The summed E-state index contributed by atoms with van der Waals surface area (Å²) >= 11 is 0. The number of nitrogens with one attached hydrogen (secondary N) is 1. The van der Waals surface area contributed by atoms with E-state index in [4.69, 9.17) is 9.84 Å². The largest absolute Gasteiger partial charge is 0.481 e. The minimum absolute atomic E-state index is 0.231. The summed E-state index contributed by atoms with van der Waals surface area (Å²) < 4.78 is 4.90. The van der Waals surface area contributed by atoms with E-state index in [9.17, 15) is 9.59 Å². The van der Waals surface area contributed by atoms with Gasteiger partial charge in [0.05, 0.1) is 12.5 Å². The number of carbonyl (C=O) groups excluding carboxylic acids is 1. The smallest absolute Gasteiger partial charge is 0.324 e. The highest BCUT2D eigenvalue weighted by Crippen LogP contribution is 2.08. The minimum atomic E-state index is -1.03. The maximum absolute atomic E-state index is 11.8. The molecule has 0 radical (unpaired) electrons. The monoisotopic (exact) mass is 265 g/mol. The first kappa shape index (κ1) is 15.2. The molecule has 2 unspecified atom stereocenters. The first-order valence-electron chi connectivity index (χ1n) is 6.23. The fraction of sp³-hybridized carbons (Fsp3) is 0.429. The van der Waals surface area contributed by atoms with E-state index in [0.717, 1.165) is 5.56 Å². The van der Waals surface area contributed by atoms with Crippen LogP contribution in [0.15, 0.2) is 30.3 Å². The summed E-state index contributed by atoms with van der Waals surface area (Å²) in [7, 11) is 0. The second-order valence-electron chi connectivity index (χ2n) is 4.22. The lowest BCUT2D eigenvalue weighted by Crippen LogP contribution is -2.45. The molecule has 0 aliphatic carbocycles. The average Bonchev–Trinajstić information content (AvgIpc) is 2.40. The Hall–Kier alpha value is -1.88. The number of aliphatic carboxylic acids is 1. The van der Waals surface area contributed by atoms with E-state index in [0.29, 0.717) is 6.54 Å². The summed E-state index contributed by atoms with van der Waals surface area (Å²) in [6, 6.07) is 8.62. The van der Waals surface area contributed by atoms with Gasteiger partial charge in [0.1, 0.15) is 6.04 Å². The third kappa shape index (κ3) is 4.71. The summed E-state index contributed by atoms with van der Waals surface area (Å²) in [6.07, 6.45) is 0. The van der Waals surface area contributed by atoms with Crippen molar-refractivity contribution in [1.82, 2.24) is 5.32 Å². The van der Waals surface area contributed by atoms with Crippen LogP contribution >= 0.6 is 0 Å². The zero-order chi connectivity index (χ0) is 14.3. The van der Waals surface area contributed by atoms with Gasteiger partial charge in [0.2, 0.25) is 0 Å². The minimum Gasteiger partial charge on any atom is -0.481 e. The predicted octanol–water partition coefficient (Wildman–Crippen LogP) is 1.43. The number of carboxylic acid groups (broad SMARTS) is 1. The number of ether oxygens (including phenoxy) is 1. The van der Waals surface area contributed by atoms with Crippen molar-refractivity contribution >= 4 is 11.9 Å². The van der Waals surface area contributed by atoms with Crippen LogP contribution in [0.2, 0.25) is 0 Å². The Morgan fingerprint density at radius 2 is 1.95 bits per heavy atom. The van der Waals surface area contributed by atoms with Gasteiger partial charge < -0.3 is 9.84 Å². The SMILES string of the molecule is CCOC(=O)C(NCc1ccccc1)C(C)C(=O)O. The molecule has 2 N–H and O–H groups in total. The number of esters is 1. The molecule has 0 spiro atoms. The predicted molar refractivity (Wildman–Crippen MR) is 70.5 cm³/mol. The van der Waals surface area contributed by atoms with Gasteiger partial charge in [-0.1, -0.05) is 30.3 Å². The van der Waals surface area contributed by atoms with Crippen LogP contribution in [0, 0.1) is 5.92 Å². The topological polar surface area (TPSA) is 75.6 Å². The number of benzene rings is 1. The van der Waals surface area contributed by atoms with Gasteiger partial charge >= 0.3 is 11.9 Å². The number of carbonyl (C=O) groups is 2. The number of hydrogen-bond acceptors (Lipinski definition) is 4. The molecule has 5 heteroatoms. The molecule has 0 bridgehead atoms. The summed E-state index contributed by atoms with van der Waals surface area (Å²) in [5, 5.41) is 12.0. The Labute approximate surface area is 112 Å². The molecule has 104 valence electrons. The Balaban J connectivity index is 2.69. The highest BCUT2D eigenvalue weighted by molar-refractivity contribution is 5.83. The summed E-state index contributed by atoms with van der Waals surface area (Å²) in [5.41, 5.74) is 0.981. The van der Waals surface area contributed by atoms with Gasteiger partial charge in [-0.2, -0.15) is 0 Å². The van der Waals surface area contributed by atoms with E-state index in [-0.39, 0.29) is 6.61 Å². The maximum Gasteiger partial charge on any atom is 0.324 e. The molecule has 5 nitrogen and oxygen atoms in total. The van der Waals surface area contributed by atoms with Crippen molar-refractivity contribution in [2.75, 3.05) is 6.61 Å². The van der Waals surface area contributed by atoms with Crippen LogP contribution in [0.5, 0.6) is 0 Å². The van der Waals surface area contributed by atoms with Crippen LogP contribution in [0.1, 0.15) is 19.4 Å². The molecule has 0 saturated carbocycles. The maximum atomic E-state index is 11.8. The Morgan fingerprint density at radius 1 is 1.32 bits per heavy atom. The van der Waals surface area contributed by atoms with Crippen molar-refractivity contribution in [3.05, 3.63) is 35.9 Å². The van der Waals surface area contributed by atoms with Crippen LogP contribution in [0.3, 0.4) is 0 Å². The molecule has 1 aromatic rings. The third-order valence-electron chi connectivity index (χ3n) is 2.80. The summed E-state index contributed by atoms with van der Waals surface area (Å²) in [6.45, 7) is 3.83. The lowest BCUT2D eigenvalue weighted by atomic mass is 10.0. The zero-order valence-corrected chi connectivity index (χ0v) is 11.1. The number of rotatable bonds is 7. The average molecular weight is 265 g/mol. The van der Waals surface area contributed by atoms with Gasteiger partial charge in [-0.05, 0) is 19.4 Å². The van der Waals surface area contributed by atoms with Crippen LogP contribution in [0.25, 0.3) is 0 Å². The van der Waals surface area contributed by atoms with Crippen molar-refractivity contribution in [1.29, 1.82) is 0 Å². The molecule has 0 aliphatic rings. The van der Waals surface area contributed by atoms with E-state index >= 15 is 0 Å². The zero-order valence-electron chi connectivity index (χ0n) is 11.1. The molecular formula is C14H19NO4. The first-order chi connectivity index (χ1) is 9.06. The third-order valence-corrected chi connectivity index (χ3v) is 2.80. The molecule has 0 aromatic heterocycles. The highest BCUT2D eigenvalue weighted by atomic mass is 16.5. The number of hydrogen-bond donors (Lipinski definition) is 2. The van der Waals surface area contributed by atoms with Crippen LogP contribution in [-0.2, 0) is 20.9 Å². The molecule has 0 aliphatic heterocycles. The molecule has 0 amide bonds. The summed E-state index contributed by atoms with van der Waals surface area (Å²) in [5.74, 6) is -2.41. The Kier molecular flexibility index (Phi) is 6.02. The second-order valence-corrected chi connectivity index (χ2v) is 4.22. The lowest BCUT2D eigenvalue weighted by Gasteiger charge is -2.20. The fourth-order valence-corrected chi connectivity index (χ4v) is 1.66. The van der Waals surface area contributed by atoms with E-state index < -0.39 is 23.9 Å². The van der Waals surface area contributed by atoms with Crippen molar-refractivity contribution in [3.63, 3.8) is 0 Å². The summed E-state index contributed by atoms with van der Waals surface area (Å²) in [4.78, 5) is 22.8. The number of carboxylic acids is 1. The Bertz CT molecular complexity index is 419. The molecule has 0 saturated heterocycles. The van der Waals surface area contributed by atoms with Gasteiger partial charge in [0.15, 0.2) is 0 Å². The van der Waals surface area contributed by atoms with Gasteiger partial charge in [0, 0.05) is 6.54 Å². The van der Waals surface area contributed by atoms with Crippen LogP contribution < -0.4 is 5.32 Å². The molecule has 1 aromatic carbocycles. The normalized spacial score (nSPS) is 13.6. The van der Waals surface area contributed by atoms with Gasteiger partial charge in [-0.15, -0.1) is 0 Å². The first-order valence-corrected chi connectivity index (χ1v) is 6.23. The fourth-order valence-electron chi connectivity index (χ4n) is 1.66. The van der Waals surface area contributed by atoms with Crippen molar-refractivity contribution in [2.45, 2.75) is 26.4 Å². The van der Waals surface area contributed by atoms with Gasteiger partial charge in [-0.3, -0.25) is 14.9 Å². The van der Waals surface area contributed by atoms with Gasteiger partial charge in [0.25, 0.3) is 0 Å². The quantitative estimate of drug-likeness (QED) is 0.729. The van der Waals surface area contributed by atoms with E-state index in [1.54, 1.807) is 6.92 Å². The standard InChI is InChI=1S/C14H19NO4/c1-3-19-14(18)12(10(2)13(16)17)15-9-11-7-5-4-6-8-11/h4-8,10,12,15H,3,9H2,1-2H3,(H,16,17). The highest BCUT2D eigenvalue weighted by Gasteiger charge is 2.30. The molecule has 0 heterocycles. The van der Waals surface area contributed by atoms with Crippen LogP contribution in [0.4, 0.5) is 0 Å². The molecule has 0 fully saturated rings. The van der Waals surface area contributed by atoms with Crippen molar-refractivity contribution < 1.29 is 19.4 Å². The molecule has 19 heavy (non-hydrogen) atoms. The van der Waals surface area contributed by atoms with Crippen molar-refractivity contribution in [3.8, 4) is 0 Å². The van der Waals surface area contributed by atoms with Crippen molar-refractivity contribution in [2.24, 2.45) is 5.92 Å². The van der Waals surface area contributed by atoms with Crippen LogP contribution in [-0.4, -0.2) is 29.7 Å².